The number of carbonyl (C=O) groups is 1. The molecule has 134 valence electrons. The van der Waals surface area contributed by atoms with Crippen LogP contribution in [-0.4, -0.2) is 12.0 Å². The summed E-state index contributed by atoms with van der Waals surface area (Å²) in [7, 11) is 0. The lowest BCUT2D eigenvalue weighted by molar-refractivity contribution is -0.137. The van der Waals surface area contributed by atoms with Crippen LogP contribution in [0, 0.1) is 13.8 Å². The smallest absolute Gasteiger partial charge is 0.416 e. The van der Waals surface area contributed by atoms with Crippen molar-refractivity contribution in [2.45, 2.75) is 33.1 Å². The maximum atomic E-state index is 12.5. The summed E-state index contributed by atoms with van der Waals surface area (Å²) in [6.45, 7) is 5.21. The number of hydrogen-bond acceptors (Lipinski definition) is 2. The van der Waals surface area contributed by atoms with Crippen molar-refractivity contribution >= 4 is 23.2 Å². The van der Waals surface area contributed by atoms with Gasteiger partial charge in [0, 0.05) is 10.7 Å². The molecule has 1 amide bonds. The van der Waals surface area contributed by atoms with Crippen LogP contribution in [0.1, 0.15) is 23.6 Å². The van der Waals surface area contributed by atoms with E-state index in [1.165, 1.54) is 12.1 Å². The number of nitrogens with one attached hydrogen (secondary N) is 1. The van der Waals surface area contributed by atoms with Crippen molar-refractivity contribution in [2.24, 2.45) is 0 Å². The minimum absolute atomic E-state index is 0.261. The van der Waals surface area contributed by atoms with E-state index in [4.69, 9.17) is 16.3 Å². The van der Waals surface area contributed by atoms with Crippen LogP contribution in [0.4, 0.5) is 18.9 Å². The quantitative estimate of drug-likeness (QED) is 0.783. The molecule has 25 heavy (non-hydrogen) atoms. The third-order valence-electron chi connectivity index (χ3n) is 3.57. The zero-order valence-corrected chi connectivity index (χ0v) is 14.6. The fourth-order valence-electron chi connectivity index (χ4n) is 2.22. The Morgan fingerprint density at radius 3 is 2.12 bits per heavy atom. The lowest BCUT2D eigenvalue weighted by atomic mass is 10.1. The van der Waals surface area contributed by atoms with E-state index in [2.05, 4.69) is 5.32 Å². The molecule has 2 aromatic carbocycles. The van der Waals surface area contributed by atoms with Crippen molar-refractivity contribution < 1.29 is 22.7 Å². The highest BCUT2D eigenvalue weighted by Crippen LogP contribution is 2.30. The Morgan fingerprint density at radius 2 is 1.64 bits per heavy atom. The van der Waals surface area contributed by atoms with Gasteiger partial charge in [-0.05, 0) is 68.3 Å². The predicted molar refractivity (Wildman–Crippen MR) is 91.1 cm³/mol. The van der Waals surface area contributed by atoms with E-state index in [0.717, 1.165) is 23.3 Å². The Hall–Kier alpha value is -2.21. The second-order valence-corrected chi connectivity index (χ2v) is 6.07. The largest absolute Gasteiger partial charge is 0.481 e. The molecule has 0 saturated carbocycles. The molecule has 0 aliphatic carbocycles. The normalized spacial score (nSPS) is 12.6. The molecule has 7 heteroatoms. The van der Waals surface area contributed by atoms with Crippen molar-refractivity contribution in [3.8, 4) is 5.75 Å². The molecule has 2 rings (SSSR count). The van der Waals surface area contributed by atoms with Gasteiger partial charge in [-0.3, -0.25) is 4.79 Å². The number of carbonyl (C=O) groups excluding carboxylic acids is 1. The number of rotatable bonds is 4. The topological polar surface area (TPSA) is 38.3 Å². The van der Waals surface area contributed by atoms with Gasteiger partial charge in [-0.15, -0.1) is 0 Å². The SMILES string of the molecule is Cc1cc(O[C@H](C)C(=O)Nc2ccc(C(F)(F)F)cc2)cc(C)c1Cl. The maximum absolute atomic E-state index is 12.5. The van der Waals surface area contributed by atoms with Gasteiger partial charge in [0.25, 0.3) is 5.91 Å². The number of alkyl halides is 3. The number of halogens is 4. The summed E-state index contributed by atoms with van der Waals surface area (Å²) in [6.07, 6.45) is -5.24. The van der Waals surface area contributed by atoms with Crippen LogP contribution >= 0.6 is 11.6 Å². The molecular weight excluding hydrogens is 355 g/mol. The molecule has 1 atom stereocenters. The molecule has 0 unspecified atom stereocenters. The van der Waals surface area contributed by atoms with Crippen molar-refractivity contribution in [3.63, 3.8) is 0 Å². The van der Waals surface area contributed by atoms with Crippen LogP contribution < -0.4 is 10.1 Å². The van der Waals surface area contributed by atoms with Gasteiger partial charge in [-0.25, -0.2) is 0 Å². The monoisotopic (exact) mass is 371 g/mol. The van der Waals surface area contributed by atoms with Crippen LogP contribution in [-0.2, 0) is 11.0 Å². The van der Waals surface area contributed by atoms with Gasteiger partial charge in [0.1, 0.15) is 5.75 Å². The average Bonchev–Trinajstić information content (AvgIpc) is 2.52. The molecule has 2 aromatic rings. The standard InChI is InChI=1S/C18H17ClF3NO2/c1-10-8-15(9-11(2)16(10)19)25-12(3)17(24)23-14-6-4-13(5-7-14)18(20,21)22/h4-9,12H,1-3H3,(H,23,24)/t12-/m1/s1. The van der Waals surface area contributed by atoms with Crippen molar-refractivity contribution in [3.05, 3.63) is 58.1 Å². The van der Waals surface area contributed by atoms with Crippen LogP contribution in [0.2, 0.25) is 5.02 Å². The highest BCUT2D eigenvalue weighted by atomic mass is 35.5. The summed E-state index contributed by atoms with van der Waals surface area (Å²) in [5.74, 6) is 0.0273. The minimum atomic E-state index is -4.41. The summed E-state index contributed by atoms with van der Waals surface area (Å²) >= 11 is 6.09. The van der Waals surface area contributed by atoms with E-state index < -0.39 is 23.8 Å². The average molecular weight is 372 g/mol. The predicted octanol–water partition coefficient (Wildman–Crippen LogP) is 5.38. The fraction of sp³-hybridized carbons (Fsp3) is 0.278. The summed E-state index contributed by atoms with van der Waals surface area (Å²) < 4.78 is 43.2. The number of ether oxygens (including phenoxy) is 1. The minimum Gasteiger partial charge on any atom is -0.481 e. The first kappa shape index (κ1) is 19.1. The van der Waals surface area contributed by atoms with Crippen molar-refractivity contribution in [1.82, 2.24) is 0 Å². The number of amides is 1. The molecule has 0 saturated heterocycles. The van der Waals surface area contributed by atoms with E-state index in [0.29, 0.717) is 10.8 Å². The number of benzene rings is 2. The third-order valence-corrected chi connectivity index (χ3v) is 4.17. The van der Waals surface area contributed by atoms with Crippen molar-refractivity contribution in [1.29, 1.82) is 0 Å². The first-order chi connectivity index (χ1) is 11.6. The highest BCUT2D eigenvalue weighted by molar-refractivity contribution is 6.32. The molecule has 0 radical (unpaired) electrons. The Kier molecular flexibility index (Phi) is 5.62. The van der Waals surface area contributed by atoms with Crippen LogP contribution in [0.15, 0.2) is 36.4 Å². The van der Waals surface area contributed by atoms with Gasteiger partial charge in [-0.2, -0.15) is 13.2 Å². The van der Waals surface area contributed by atoms with E-state index in [1.807, 2.05) is 13.8 Å². The third kappa shape index (κ3) is 4.89. The summed E-state index contributed by atoms with van der Waals surface area (Å²) in [6, 6.07) is 7.66. The molecule has 0 aromatic heterocycles. The molecule has 3 nitrogen and oxygen atoms in total. The van der Waals surface area contributed by atoms with E-state index in [9.17, 15) is 18.0 Å². The lowest BCUT2D eigenvalue weighted by Crippen LogP contribution is -2.30. The molecular formula is C18H17ClF3NO2. The highest BCUT2D eigenvalue weighted by Gasteiger charge is 2.30. The van der Waals surface area contributed by atoms with E-state index in [-0.39, 0.29) is 5.69 Å². The molecule has 0 fully saturated rings. The van der Waals surface area contributed by atoms with Crippen LogP contribution in [0.3, 0.4) is 0 Å². The zero-order valence-electron chi connectivity index (χ0n) is 13.9. The first-order valence-electron chi connectivity index (χ1n) is 7.49. The number of hydrogen-bond donors (Lipinski definition) is 1. The molecule has 0 aliphatic heterocycles. The Balaban J connectivity index is 2.03. The van der Waals surface area contributed by atoms with Gasteiger partial charge in [0.15, 0.2) is 6.10 Å². The van der Waals surface area contributed by atoms with Crippen LogP contribution in [0.25, 0.3) is 0 Å². The van der Waals surface area contributed by atoms with Gasteiger partial charge < -0.3 is 10.1 Å². The first-order valence-corrected chi connectivity index (χ1v) is 7.87. The Morgan fingerprint density at radius 1 is 1.12 bits per heavy atom. The number of aryl methyl sites for hydroxylation is 2. The Labute approximate surface area is 148 Å². The maximum Gasteiger partial charge on any atom is 0.416 e. The second kappa shape index (κ2) is 7.35. The summed E-state index contributed by atoms with van der Waals surface area (Å²) in [5.41, 5.74) is 1.14. The Bertz CT molecular complexity index is 750. The van der Waals surface area contributed by atoms with Gasteiger partial charge >= 0.3 is 6.18 Å². The van der Waals surface area contributed by atoms with Gasteiger partial charge in [-0.1, -0.05) is 11.6 Å². The number of anilines is 1. The molecule has 0 bridgehead atoms. The van der Waals surface area contributed by atoms with Gasteiger partial charge in [0.05, 0.1) is 5.56 Å². The molecule has 1 N–H and O–H groups in total. The van der Waals surface area contributed by atoms with E-state index >= 15 is 0 Å². The van der Waals surface area contributed by atoms with E-state index in [1.54, 1.807) is 19.1 Å². The molecule has 0 aliphatic rings. The van der Waals surface area contributed by atoms with Gasteiger partial charge in [0.2, 0.25) is 0 Å². The molecule has 0 spiro atoms. The lowest BCUT2D eigenvalue weighted by Gasteiger charge is -2.16. The summed E-state index contributed by atoms with van der Waals surface area (Å²) in [5, 5.41) is 3.16. The molecule has 0 heterocycles. The fourth-order valence-corrected chi connectivity index (χ4v) is 2.33. The summed E-state index contributed by atoms with van der Waals surface area (Å²) in [4.78, 5) is 12.2. The second-order valence-electron chi connectivity index (χ2n) is 5.70. The zero-order chi connectivity index (χ0) is 18.8. The van der Waals surface area contributed by atoms with Crippen LogP contribution in [0.5, 0.6) is 5.75 Å². The van der Waals surface area contributed by atoms with Crippen molar-refractivity contribution in [2.75, 3.05) is 5.32 Å².